The van der Waals surface area contributed by atoms with E-state index in [1.165, 1.54) is 94.2 Å². The lowest BCUT2D eigenvalue weighted by molar-refractivity contribution is 0.0778. The van der Waals surface area contributed by atoms with Gasteiger partial charge in [0.15, 0.2) is 17.5 Å². The summed E-state index contributed by atoms with van der Waals surface area (Å²) in [7, 11) is 0. The van der Waals surface area contributed by atoms with Gasteiger partial charge in [-0.15, -0.1) is 0 Å². The van der Waals surface area contributed by atoms with Crippen molar-refractivity contribution >= 4 is 0 Å². The minimum absolute atomic E-state index is 0.108. The zero-order valence-electron chi connectivity index (χ0n) is 36.8. The van der Waals surface area contributed by atoms with E-state index >= 15 is 0 Å². The molecule has 0 radical (unpaired) electrons. The van der Waals surface area contributed by atoms with E-state index < -0.39 is 0 Å². The first-order chi connectivity index (χ1) is 30.8. The van der Waals surface area contributed by atoms with Crippen molar-refractivity contribution in [2.75, 3.05) is 0 Å². The molecular weight excluding hydrogens is 763 g/mol. The fourth-order valence-corrected chi connectivity index (χ4v) is 12.6. The van der Waals surface area contributed by atoms with E-state index in [1.54, 1.807) is 11.1 Å². The summed E-state index contributed by atoms with van der Waals surface area (Å²) in [5.74, 6) is 4.46. The van der Waals surface area contributed by atoms with E-state index in [0.29, 0.717) is 23.4 Å². The first kappa shape index (κ1) is 38.2. The molecular formula is C60H53N3. The Morgan fingerprint density at radius 1 is 0.476 bits per heavy atom. The van der Waals surface area contributed by atoms with E-state index in [0.717, 1.165) is 34.1 Å². The van der Waals surface area contributed by atoms with E-state index in [1.807, 2.05) is 0 Å². The third kappa shape index (κ3) is 6.03. The van der Waals surface area contributed by atoms with Crippen molar-refractivity contribution in [1.82, 2.24) is 15.0 Å². The molecule has 1 aromatic heterocycles. The lowest BCUT2D eigenvalue weighted by atomic mass is 9.53. The number of benzene rings is 7. The lowest BCUT2D eigenvalue weighted by Gasteiger charge is -2.51. The van der Waals surface area contributed by atoms with Gasteiger partial charge in [0.1, 0.15) is 0 Å². The van der Waals surface area contributed by atoms with Gasteiger partial charge in [0, 0.05) is 27.5 Å². The molecule has 4 atom stereocenters. The zero-order valence-corrected chi connectivity index (χ0v) is 36.8. The summed E-state index contributed by atoms with van der Waals surface area (Å²) in [5.41, 5.74) is 20.4. The Hall–Kier alpha value is -6.45. The topological polar surface area (TPSA) is 38.7 Å². The van der Waals surface area contributed by atoms with Crippen molar-refractivity contribution in [2.45, 2.75) is 77.0 Å². The molecule has 0 aliphatic heterocycles. The summed E-state index contributed by atoms with van der Waals surface area (Å²) in [6, 6.07) is 58.4. The number of nitrogens with zero attached hydrogens (tertiary/aromatic N) is 3. The summed E-state index contributed by atoms with van der Waals surface area (Å²) in [5, 5.41) is 0. The van der Waals surface area contributed by atoms with Gasteiger partial charge in [0.05, 0.1) is 0 Å². The maximum Gasteiger partial charge on any atom is 0.164 e. The molecule has 4 aliphatic carbocycles. The molecule has 12 rings (SSSR count). The average molecular weight is 816 g/mol. The number of aromatic nitrogens is 3. The SMILES string of the molecule is CCC1CC2CCC3(c4ccccc4-c4c(-c5ccc6c(c5)-c5cc(-c7nc(-c8ccc(C)cc8)nc(-c8ccc(-c9ccccc9)cc8)n7)ccc5C6(C)C)cccc43)C(C1)C2. The van der Waals surface area contributed by atoms with Gasteiger partial charge in [-0.05, 0) is 136 Å². The molecule has 1 spiro atoms. The second-order valence-electron chi connectivity index (χ2n) is 19.6. The molecule has 4 unspecified atom stereocenters. The molecule has 8 aromatic rings. The Kier molecular flexibility index (Phi) is 8.84. The quantitative estimate of drug-likeness (QED) is 0.168. The standard InChI is InChI=1S/C60H53N3/c1-5-38-32-39-30-31-60(46(33-38)34-39)53-16-10-9-14-48(53)55-47(15-11-17-54(55)60)44-26-28-51-49(35-44)50-36-45(27-29-52(50)59(51,3)4)58-62-56(42-20-18-37(2)19-21-42)61-57(63-58)43-24-22-41(23-25-43)40-12-7-6-8-13-40/h6-29,35-36,38-39,46H,5,30-34H2,1-4H3. The Bertz CT molecular complexity index is 3070. The molecule has 0 saturated heterocycles. The van der Waals surface area contributed by atoms with E-state index in [2.05, 4.69) is 185 Å². The largest absolute Gasteiger partial charge is 0.208 e. The van der Waals surface area contributed by atoms with Crippen LogP contribution in [-0.4, -0.2) is 15.0 Å². The van der Waals surface area contributed by atoms with E-state index in [-0.39, 0.29) is 10.8 Å². The molecule has 63 heavy (non-hydrogen) atoms. The maximum absolute atomic E-state index is 5.21. The van der Waals surface area contributed by atoms with Crippen LogP contribution in [0.2, 0.25) is 0 Å². The first-order valence-corrected chi connectivity index (χ1v) is 23.3. The predicted octanol–water partition coefficient (Wildman–Crippen LogP) is 15.3. The molecule has 1 heterocycles. The highest BCUT2D eigenvalue weighted by atomic mass is 15.0. The molecule has 308 valence electrons. The fourth-order valence-electron chi connectivity index (χ4n) is 12.6. The molecule has 2 bridgehead atoms. The van der Waals surface area contributed by atoms with Gasteiger partial charge in [-0.3, -0.25) is 0 Å². The van der Waals surface area contributed by atoms with Gasteiger partial charge in [-0.1, -0.05) is 178 Å². The minimum atomic E-state index is -0.149. The molecule has 3 heteroatoms. The Balaban J connectivity index is 0.973. The third-order valence-electron chi connectivity index (χ3n) is 15.8. The Morgan fingerprint density at radius 3 is 1.75 bits per heavy atom. The molecule has 3 nitrogen and oxygen atoms in total. The molecule has 0 N–H and O–H groups in total. The van der Waals surface area contributed by atoms with Crippen LogP contribution in [0.15, 0.2) is 158 Å². The van der Waals surface area contributed by atoms with Crippen molar-refractivity contribution in [2.24, 2.45) is 17.8 Å². The van der Waals surface area contributed by atoms with Crippen LogP contribution in [0, 0.1) is 24.7 Å². The zero-order chi connectivity index (χ0) is 42.5. The highest BCUT2D eigenvalue weighted by molar-refractivity contribution is 5.95. The van der Waals surface area contributed by atoms with Gasteiger partial charge in [0.25, 0.3) is 0 Å². The van der Waals surface area contributed by atoms with E-state index in [4.69, 9.17) is 15.0 Å². The Labute approximate surface area is 372 Å². The van der Waals surface area contributed by atoms with Crippen LogP contribution >= 0.6 is 0 Å². The molecule has 4 aliphatic rings. The highest BCUT2D eigenvalue weighted by Gasteiger charge is 2.53. The van der Waals surface area contributed by atoms with Crippen LogP contribution in [0.4, 0.5) is 0 Å². The monoisotopic (exact) mass is 815 g/mol. The number of hydrogen-bond donors (Lipinski definition) is 0. The molecule has 2 saturated carbocycles. The lowest BCUT2D eigenvalue weighted by Crippen LogP contribution is -2.44. The number of rotatable bonds is 6. The average Bonchev–Trinajstić information content (AvgIpc) is 3.75. The van der Waals surface area contributed by atoms with Crippen LogP contribution < -0.4 is 0 Å². The van der Waals surface area contributed by atoms with Gasteiger partial charge in [-0.2, -0.15) is 0 Å². The van der Waals surface area contributed by atoms with Crippen molar-refractivity contribution in [3.05, 3.63) is 186 Å². The second-order valence-corrected chi connectivity index (χ2v) is 19.6. The van der Waals surface area contributed by atoms with Crippen LogP contribution in [-0.2, 0) is 10.8 Å². The summed E-state index contributed by atoms with van der Waals surface area (Å²) >= 11 is 0. The second kappa shape index (κ2) is 14.6. The minimum Gasteiger partial charge on any atom is -0.208 e. The van der Waals surface area contributed by atoms with Gasteiger partial charge in [-0.25, -0.2) is 15.0 Å². The normalized spacial score (nSPS) is 21.1. The van der Waals surface area contributed by atoms with Crippen LogP contribution in [0.5, 0.6) is 0 Å². The van der Waals surface area contributed by atoms with E-state index in [9.17, 15) is 0 Å². The molecule has 2 fully saturated rings. The van der Waals surface area contributed by atoms with Crippen molar-refractivity contribution < 1.29 is 0 Å². The highest BCUT2D eigenvalue weighted by Crippen LogP contribution is 2.64. The van der Waals surface area contributed by atoms with Gasteiger partial charge in [0.2, 0.25) is 0 Å². The smallest absolute Gasteiger partial charge is 0.164 e. The summed E-state index contributed by atoms with van der Waals surface area (Å²) in [4.78, 5) is 15.5. The van der Waals surface area contributed by atoms with Crippen molar-refractivity contribution in [1.29, 1.82) is 0 Å². The predicted molar refractivity (Wildman–Crippen MR) is 259 cm³/mol. The fraction of sp³-hybridized carbons (Fsp3) is 0.250. The van der Waals surface area contributed by atoms with Crippen LogP contribution in [0.3, 0.4) is 0 Å². The van der Waals surface area contributed by atoms with Gasteiger partial charge < -0.3 is 0 Å². The Morgan fingerprint density at radius 2 is 1.03 bits per heavy atom. The number of hydrogen-bond acceptors (Lipinski definition) is 3. The summed E-state index contributed by atoms with van der Waals surface area (Å²) in [6.07, 6.45) is 8.07. The summed E-state index contributed by atoms with van der Waals surface area (Å²) < 4.78 is 0. The third-order valence-corrected chi connectivity index (χ3v) is 15.8. The molecule has 0 amide bonds. The maximum atomic E-state index is 5.21. The number of aryl methyl sites for hydroxylation is 1. The van der Waals surface area contributed by atoms with Crippen molar-refractivity contribution in [3.63, 3.8) is 0 Å². The van der Waals surface area contributed by atoms with Crippen molar-refractivity contribution in [3.8, 4) is 78.7 Å². The van der Waals surface area contributed by atoms with Crippen LogP contribution in [0.25, 0.3) is 78.7 Å². The first-order valence-electron chi connectivity index (χ1n) is 23.3. The summed E-state index contributed by atoms with van der Waals surface area (Å²) in [6.45, 7) is 9.27. The molecule has 7 aromatic carbocycles. The van der Waals surface area contributed by atoms with Gasteiger partial charge >= 0.3 is 0 Å². The number of fused-ring (bicyclic) bond motifs is 11. The van der Waals surface area contributed by atoms with Crippen LogP contribution in [0.1, 0.15) is 87.1 Å².